The number of allylic oxidation sites excluding steroid dienone is 2. The molecule has 0 heterocycles. The Kier molecular flexibility index (Phi) is 22.2. The highest BCUT2D eigenvalue weighted by atomic mass is 16.3. The average molecular weight is 472 g/mol. The van der Waals surface area contributed by atoms with Gasteiger partial charge in [-0.05, 0) is 38.5 Å². The maximum absolute atomic E-state index is 12.2. The van der Waals surface area contributed by atoms with Gasteiger partial charge in [0.15, 0.2) is 0 Å². The molecule has 0 aromatic rings. The minimum Gasteiger partial charge on any atom is -0.394 e. The van der Waals surface area contributed by atoms with E-state index in [1.54, 1.807) is 0 Å². The van der Waals surface area contributed by atoms with Crippen LogP contribution in [0, 0.1) is 0 Å². The maximum atomic E-state index is 12.2. The summed E-state index contributed by atoms with van der Waals surface area (Å²) in [5.74, 6) is -0.609. The number of hydrogen-bond acceptors (Lipinski definition) is 5. The third kappa shape index (κ3) is 18.1. The zero-order valence-electron chi connectivity index (χ0n) is 21.4. The number of hydrogen-bond donors (Lipinski definition) is 5. The highest BCUT2D eigenvalue weighted by Gasteiger charge is 2.28. The molecule has 6 nitrogen and oxygen atoms in total. The fourth-order valence-electron chi connectivity index (χ4n) is 3.92. The summed E-state index contributed by atoms with van der Waals surface area (Å²) >= 11 is 0. The molecule has 196 valence electrons. The van der Waals surface area contributed by atoms with E-state index in [-0.39, 0.29) is 0 Å². The van der Waals surface area contributed by atoms with Gasteiger partial charge in [-0.25, -0.2) is 0 Å². The van der Waals surface area contributed by atoms with Crippen LogP contribution >= 0.6 is 0 Å². The van der Waals surface area contributed by atoms with Crippen molar-refractivity contribution >= 4 is 5.91 Å². The van der Waals surface area contributed by atoms with E-state index in [1.807, 2.05) is 0 Å². The fraction of sp³-hybridized carbons (Fsp3) is 0.889. The summed E-state index contributed by atoms with van der Waals surface area (Å²) in [5.41, 5.74) is 0. The molecule has 4 unspecified atom stereocenters. The van der Waals surface area contributed by atoms with Crippen molar-refractivity contribution in [3.8, 4) is 0 Å². The van der Waals surface area contributed by atoms with Gasteiger partial charge in [0.1, 0.15) is 12.2 Å². The number of carbonyl (C=O) groups excluding carboxylic acids is 1. The molecule has 0 aliphatic carbocycles. The number of nitrogens with one attached hydrogen (secondary N) is 1. The zero-order chi connectivity index (χ0) is 24.7. The van der Waals surface area contributed by atoms with Crippen LogP contribution < -0.4 is 5.32 Å². The van der Waals surface area contributed by atoms with Gasteiger partial charge in [0.25, 0.3) is 0 Å². The standard InChI is InChI=1S/C27H53NO5/c1-3-5-7-9-10-11-12-13-14-15-17-19-21-25(31)27(33)28-23(22-29)26(32)24(30)20-18-16-8-6-4-2/h13-14,23-26,29-32H,3-12,15-22H2,1-2H3,(H,28,33)/b14-13-. The van der Waals surface area contributed by atoms with Crippen molar-refractivity contribution < 1.29 is 25.2 Å². The summed E-state index contributed by atoms with van der Waals surface area (Å²) in [6, 6.07) is -0.984. The van der Waals surface area contributed by atoms with Gasteiger partial charge < -0.3 is 25.7 Å². The van der Waals surface area contributed by atoms with Crippen molar-refractivity contribution in [3.05, 3.63) is 12.2 Å². The van der Waals surface area contributed by atoms with E-state index in [4.69, 9.17) is 0 Å². The molecule has 5 N–H and O–H groups in total. The lowest BCUT2D eigenvalue weighted by Crippen LogP contribution is -2.53. The van der Waals surface area contributed by atoms with Crippen molar-refractivity contribution in [2.75, 3.05) is 6.61 Å². The lowest BCUT2D eigenvalue weighted by Gasteiger charge is -2.27. The number of amides is 1. The number of aliphatic hydroxyl groups is 4. The molecule has 0 radical (unpaired) electrons. The second-order valence-corrected chi connectivity index (χ2v) is 9.39. The molecule has 0 aromatic heterocycles. The molecule has 0 aliphatic rings. The van der Waals surface area contributed by atoms with Crippen molar-refractivity contribution in [1.82, 2.24) is 5.32 Å². The molecule has 1 amide bonds. The van der Waals surface area contributed by atoms with Gasteiger partial charge in [-0.2, -0.15) is 0 Å². The third-order valence-electron chi connectivity index (χ3n) is 6.23. The van der Waals surface area contributed by atoms with Crippen LogP contribution in [0.15, 0.2) is 12.2 Å². The summed E-state index contributed by atoms with van der Waals surface area (Å²) in [7, 11) is 0. The van der Waals surface area contributed by atoms with Gasteiger partial charge in [-0.3, -0.25) is 4.79 Å². The van der Waals surface area contributed by atoms with Crippen LogP contribution in [0.1, 0.15) is 123 Å². The van der Waals surface area contributed by atoms with Crippen LogP contribution in [0.5, 0.6) is 0 Å². The van der Waals surface area contributed by atoms with Crippen molar-refractivity contribution in [2.45, 2.75) is 147 Å². The van der Waals surface area contributed by atoms with Gasteiger partial charge in [0.05, 0.1) is 18.8 Å². The molecule has 0 fully saturated rings. The fourth-order valence-corrected chi connectivity index (χ4v) is 3.92. The van der Waals surface area contributed by atoms with Gasteiger partial charge in [0.2, 0.25) is 5.91 Å². The van der Waals surface area contributed by atoms with E-state index < -0.39 is 36.9 Å². The molecule has 6 heteroatoms. The predicted molar refractivity (Wildman–Crippen MR) is 136 cm³/mol. The second kappa shape index (κ2) is 22.8. The molecular weight excluding hydrogens is 418 g/mol. The van der Waals surface area contributed by atoms with E-state index >= 15 is 0 Å². The highest BCUT2D eigenvalue weighted by molar-refractivity contribution is 5.80. The number of aliphatic hydroxyl groups excluding tert-OH is 4. The zero-order valence-corrected chi connectivity index (χ0v) is 21.4. The lowest BCUT2D eigenvalue weighted by atomic mass is 9.99. The van der Waals surface area contributed by atoms with Crippen LogP contribution in [-0.4, -0.2) is 57.3 Å². The normalized spacial score (nSPS) is 15.5. The molecule has 4 atom stereocenters. The molecule has 0 rings (SSSR count). The average Bonchev–Trinajstić information content (AvgIpc) is 2.82. The van der Waals surface area contributed by atoms with Crippen LogP contribution in [0.2, 0.25) is 0 Å². The van der Waals surface area contributed by atoms with Crippen molar-refractivity contribution in [2.24, 2.45) is 0 Å². The Morgan fingerprint density at radius 2 is 1.21 bits per heavy atom. The first-order valence-corrected chi connectivity index (χ1v) is 13.6. The van der Waals surface area contributed by atoms with Gasteiger partial charge in [0, 0.05) is 0 Å². The van der Waals surface area contributed by atoms with Crippen molar-refractivity contribution in [3.63, 3.8) is 0 Å². The maximum Gasteiger partial charge on any atom is 0.249 e. The van der Waals surface area contributed by atoms with E-state index in [2.05, 4.69) is 31.3 Å². The summed E-state index contributed by atoms with van der Waals surface area (Å²) in [4.78, 5) is 12.2. The minimum atomic E-state index is -1.26. The smallest absolute Gasteiger partial charge is 0.249 e. The van der Waals surface area contributed by atoms with Crippen LogP contribution in [0.25, 0.3) is 0 Å². The first-order valence-electron chi connectivity index (χ1n) is 13.6. The predicted octanol–water partition coefficient (Wildman–Crippen LogP) is 4.77. The monoisotopic (exact) mass is 471 g/mol. The van der Waals surface area contributed by atoms with Crippen LogP contribution in [-0.2, 0) is 4.79 Å². The SMILES string of the molecule is CCCCCCCC/C=C\CCCCC(O)C(=O)NC(CO)C(O)C(O)CCCCCCC. The minimum absolute atomic E-state index is 0.339. The van der Waals surface area contributed by atoms with E-state index in [1.165, 1.54) is 38.5 Å². The Balaban J connectivity index is 3.97. The van der Waals surface area contributed by atoms with Gasteiger partial charge in [-0.1, -0.05) is 96.6 Å². The summed E-state index contributed by atoms with van der Waals surface area (Å²) in [5, 5.41) is 42.6. The Hall–Kier alpha value is -0.950. The Morgan fingerprint density at radius 1 is 0.727 bits per heavy atom. The Bertz CT molecular complexity index is 471. The summed E-state index contributed by atoms with van der Waals surface area (Å²) in [6.07, 6.45) is 18.4. The first-order chi connectivity index (χ1) is 16.0. The largest absolute Gasteiger partial charge is 0.394 e. The molecule has 0 aromatic carbocycles. The topological polar surface area (TPSA) is 110 Å². The van der Waals surface area contributed by atoms with Crippen LogP contribution in [0.3, 0.4) is 0 Å². The Labute approximate surface area is 202 Å². The third-order valence-corrected chi connectivity index (χ3v) is 6.23. The quantitative estimate of drug-likeness (QED) is 0.109. The van der Waals surface area contributed by atoms with Gasteiger partial charge in [-0.15, -0.1) is 0 Å². The van der Waals surface area contributed by atoms with Gasteiger partial charge >= 0.3 is 0 Å². The van der Waals surface area contributed by atoms with E-state index in [0.29, 0.717) is 12.8 Å². The molecule has 0 spiro atoms. The molecular formula is C27H53NO5. The van der Waals surface area contributed by atoms with E-state index in [9.17, 15) is 25.2 Å². The first kappa shape index (κ1) is 32.0. The highest BCUT2D eigenvalue weighted by Crippen LogP contribution is 2.13. The lowest BCUT2D eigenvalue weighted by molar-refractivity contribution is -0.132. The molecule has 33 heavy (non-hydrogen) atoms. The molecule has 0 saturated carbocycles. The molecule has 0 bridgehead atoms. The number of unbranched alkanes of at least 4 members (excludes halogenated alkanes) is 12. The van der Waals surface area contributed by atoms with E-state index in [0.717, 1.165) is 57.8 Å². The molecule has 0 aliphatic heterocycles. The summed E-state index contributed by atoms with van der Waals surface area (Å²) in [6.45, 7) is 3.88. The van der Waals surface area contributed by atoms with Crippen molar-refractivity contribution in [1.29, 1.82) is 0 Å². The summed E-state index contributed by atoms with van der Waals surface area (Å²) < 4.78 is 0. The second-order valence-electron chi connectivity index (χ2n) is 9.39. The number of carbonyl (C=O) groups is 1. The number of rotatable bonds is 23. The molecule has 0 saturated heterocycles. The Morgan fingerprint density at radius 3 is 1.79 bits per heavy atom. The van der Waals surface area contributed by atoms with Crippen LogP contribution in [0.4, 0.5) is 0 Å².